The summed E-state index contributed by atoms with van der Waals surface area (Å²) in [6.45, 7) is 8.95. The monoisotopic (exact) mass is 540 g/mol. The van der Waals surface area contributed by atoms with Crippen LogP contribution in [0.15, 0.2) is 48.5 Å². The predicted octanol–water partition coefficient (Wildman–Crippen LogP) is 4.45. The highest BCUT2D eigenvalue weighted by molar-refractivity contribution is 6.07. The van der Waals surface area contributed by atoms with Crippen molar-refractivity contribution in [1.29, 1.82) is 5.26 Å². The number of likely N-dealkylation sites (N-methyl/N-ethyl adjacent to an activating group) is 1. The van der Waals surface area contributed by atoms with Crippen molar-refractivity contribution < 1.29 is 9.59 Å². The lowest BCUT2D eigenvalue weighted by Gasteiger charge is -2.42. The van der Waals surface area contributed by atoms with Crippen molar-refractivity contribution in [2.45, 2.75) is 63.6 Å². The zero-order chi connectivity index (χ0) is 27.7. The Kier molecular flexibility index (Phi) is 7.41. The minimum Gasteiger partial charge on any atom is -0.372 e. The summed E-state index contributed by atoms with van der Waals surface area (Å²) >= 11 is 0. The van der Waals surface area contributed by atoms with E-state index in [1.54, 1.807) is 4.90 Å². The molecule has 4 aliphatic heterocycles. The molecule has 0 aliphatic carbocycles. The molecule has 2 aromatic rings. The number of piperidine rings is 2. The fourth-order valence-electron chi connectivity index (χ4n) is 7.24. The largest absolute Gasteiger partial charge is 0.372 e. The standard InChI is InChI=1S/C32H40N6O2/c1-2-37-31(40)38(29-13-19-36(20-14-29)28-9-5-25(23-33)6-10-28)30(39)32(37)15-21-34(22-16-32)24-26-7-11-27(12-8-26)35-17-3-4-18-35/h5-12,29H,2-4,13-22,24H2,1H3. The van der Waals surface area contributed by atoms with Gasteiger partial charge in [0.1, 0.15) is 5.54 Å². The zero-order valence-electron chi connectivity index (χ0n) is 23.6. The molecule has 2 aromatic carbocycles. The van der Waals surface area contributed by atoms with Crippen molar-refractivity contribution in [1.82, 2.24) is 14.7 Å². The number of nitrogens with zero attached hydrogens (tertiary/aromatic N) is 6. The van der Waals surface area contributed by atoms with Crippen LogP contribution in [0.4, 0.5) is 16.2 Å². The third kappa shape index (κ3) is 4.81. The van der Waals surface area contributed by atoms with Gasteiger partial charge in [-0.2, -0.15) is 5.26 Å². The molecule has 0 aromatic heterocycles. The molecular weight excluding hydrogens is 500 g/mol. The van der Waals surface area contributed by atoms with E-state index in [9.17, 15) is 9.59 Å². The summed E-state index contributed by atoms with van der Waals surface area (Å²) < 4.78 is 0. The first kappa shape index (κ1) is 26.6. The van der Waals surface area contributed by atoms with Gasteiger partial charge in [0.05, 0.1) is 11.6 Å². The average molecular weight is 541 g/mol. The van der Waals surface area contributed by atoms with E-state index in [0.717, 1.165) is 64.3 Å². The first-order chi connectivity index (χ1) is 19.5. The fourth-order valence-corrected chi connectivity index (χ4v) is 7.24. The molecule has 0 radical (unpaired) electrons. The van der Waals surface area contributed by atoms with Crippen LogP contribution in [-0.4, -0.2) is 84.0 Å². The number of hydrogen-bond donors (Lipinski definition) is 0. The van der Waals surface area contributed by atoms with Crippen LogP contribution in [0.1, 0.15) is 56.6 Å². The van der Waals surface area contributed by atoms with Crippen LogP contribution in [-0.2, 0) is 11.3 Å². The Morgan fingerprint density at radius 1 is 0.825 bits per heavy atom. The molecule has 3 amide bonds. The van der Waals surface area contributed by atoms with E-state index in [-0.39, 0.29) is 18.0 Å². The number of anilines is 2. The lowest BCUT2D eigenvalue weighted by Crippen LogP contribution is -2.56. The molecule has 8 heteroatoms. The predicted molar refractivity (Wildman–Crippen MR) is 156 cm³/mol. The molecule has 0 unspecified atom stereocenters. The molecule has 0 bridgehead atoms. The number of amides is 3. The highest BCUT2D eigenvalue weighted by Gasteiger charge is 2.58. The number of likely N-dealkylation sites (tertiary alicyclic amines) is 1. The van der Waals surface area contributed by atoms with Crippen LogP contribution in [0.25, 0.3) is 0 Å². The molecule has 0 N–H and O–H groups in total. The van der Waals surface area contributed by atoms with Crippen molar-refractivity contribution in [3.63, 3.8) is 0 Å². The number of carbonyl (C=O) groups excluding carboxylic acids is 2. The van der Waals surface area contributed by atoms with E-state index >= 15 is 0 Å². The number of urea groups is 1. The van der Waals surface area contributed by atoms with Gasteiger partial charge in [-0.3, -0.25) is 14.6 Å². The summed E-state index contributed by atoms with van der Waals surface area (Å²) in [7, 11) is 0. The van der Waals surface area contributed by atoms with E-state index in [2.05, 4.69) is 45.0 Å². The van der Waals surface area contributed by atoms with Crippen molar-refractivity contribution in [2.75, 3.05) is 55.6 Å². The van der Waals surface area contributed by atoms with Gasteiger partial charge in [0.2, 0.25) is 0 Å². The number of rotatable bonds is 6. The number of benzene rings is 2. The van der Waals surface area contributed by atoms with E-state index in [1.807, 2.05) is 36.1 Å². The summed E-state index contributed by atoms with van der Waals surface area (Å²) in [5, 5.41) is 9.07. The molecule has 40 heavy (non-hydrogen) atoms. The van der Waals surface area contributed by atoms with Crippen LogP contribution < -0.4 is 9.80 Å². The minimum atomic E-state index is -0.702. The fraction of sp³-hybridized carbons (Fsp3) is 0.531. The maximum absolute atomic E-state index is 14.0. The van der Waals surface area contributed by atoms with Gasteiger partial charge in [0.25, 0.3) is 5.91 Å². The molecular formula is C32H40N6O2. The van der Waals surface area contributed by atoms with Crippen LogP contribution in [0, 0.1) is 11.3 Å². The third-order valence-electron chi connectivity index (χ3n) is 9.57. The lowest BCUT2D eigenvalue weighted by molar-refractivity contribution is -0.137. The van der Waals surface area contributed by atoms with Crippen molar-refractivity contribution in [3.8, 4) is 6.07 Å². The molecule has 8 nitrogen and oxygen atoms in total. The van der Waals surface area contributed by atoms with Gasteiger partial charge < -0.3 is 14.7 Å². The lowest BCUT2D eigenvalue weighted by atomic mass is 9.85. The van der Waals surface area contributed by atoms with Gasteiger partial charge in [-0.25, -0.2) is 4.79 Å². The molecule has 0 saturated carbocycles. The molecule has 1 spiro atoms. The highest BCUT2D eigenvalue weighted by atomic mass is 16.2. The number of carbonyl (C=O) groups is 2. The topological polar surface area (TPSA) is 74.1 Å². The Bertz CT molecular complexity index is 1250. The first-order valence-electron chi connectivity index (χ1n) is 15.0. The quantitative estimate of drug-likeness (QED) is 0.504. The third-order valence-corrected chi connectivity index (χ3v) is 9.57. The highest BCUT2D eigenvalue weighted by Crippen LogP contribution is 2.40. The number of hydrogen-bond acceptors (Lipinski definition) is 6. The smallest absolute Gasteiger partial charge is 0.327 e. The zero-order valence-corrected chi connectivity index (χ0v) is 23.6. The van der Waals surface area contributed by atoms with E-state index in [4.69, 9.17) is 5.26 Å². The molecule has 0 atom stereocenters. The maximum atomic E-state index is 14.0. The van der Waals surface area contributed by atoms with Gasteiger partial charge in [-0.15, -0.1) is 0 Å². The second-order valence-electron chi connectivity index (χ2n) is 11.7. The molecule has 4 saturated heterocycles. The summed E-state index contributed by atoms with van der Waals surface area (Å²) in [5.74, 6) is 0.0192. The first-order valence-corrected chi connectivity index (χ1v) is 15.0. The van der Waals surface area contributed by atoms with Crippen molar-refractivity contribution >= 4 is 23.3 Å². The van der Waals surface area contributed by atoms with Crippen molar-refractivity contribution in [2.24, 2.45) is 0 Å². The Labute approximate surface area is 237 Å². The Hall–Kier alpha value is -3.57. The average Bonchev–Trinajstić information content (AvgIpc) is 3.60. The van der Waals surface area contributed by atoms with Crippen LogP contribution in [0.2, 0.25) is 0 Å². The molecule has 210 valence electrons. The van der Waals surface area contributed by atoms with E-state index < -0.39 is 5.54 Å². The maximum Gasteiger partial charge on any atom is 0.327 e. The van der Waals surface area contributed by atoms with Gasteiger partial charge in [-0.1, -0.05) is 12.1 Å². The Morgan fingerprint density at radius 2 is 1.40 bits per heavy atom. The van der Waals surface area contributed by atoms with Crippen LogP contribution in [0.5, 0.6) is 0 Å². The van der Waals surface area contributed by atoms with Crippen molar-refractivity contribution in [3.05, 3.63) is 59.7 Å². The second kappa shape index (κ2) is 11.1. The Morgan fingerprint density at radius 3 is 1.98 bits per heavy atom. The van der Waals surface area contributed by atoms with Crippen LogP contribution >= 0.6 is 0 Å². The van der Waals surface area contributed by atoms with Gasteiger partial charge >= 0.3 is 6.03 Å². The SMILES string of the molecule is CCN1C(=O)N(C2CCN(c3ccc(C#N)cc3)CC2)C(=O)C12CCN(Cc1ccc(N3CCCC3)cc1)CC2. The summed E-state index contributed by atoms with van der Waals surface area (Å²) in [6, 6.07) is 18.6. The van der Waals surface area contributed by atoms with Gasteiger partial charge in [0, 0.05) is 69.8 Å². The molecule has 6 rings (SSSR count). The minimum absolute atomic E-state index is 0.0192. The van der Waals surface area contributed by atoms with Gasteiger partial charge in [-0.05, 0) is 87.4 Å². The molecule has 4 fully saturated rings. The van der Waals surface area contributed by atoms with E-state index in [1.165, 1.54) is 24.1 Å². The summed E-state index contributed by atoms with van der Waals surface area (Å²) in [5.41, 5.74) is 3.65. The Balaban J connectivity index is 1.07. The normalized spacial score (nSPS) is 22.0. The van der Waals surface area contributed by atoms with E-state index in [0.29, 0.717) is 24.9 Å². The second-order valence-corrected chi connectivity index (χ2v) is 11.7. The molecule has 4 heterocycles. The number of nitriles is 1. The number of imide groups is 1. The molecule has 4 aliphatic rings. The van der Waals surface area contributed by atoms with Gasteiger partial charge in [0.15, 0.2) is 0 Å². The summed E-state index contributed by atoms with van der Waals surface area (Å²) in [4.78, 5) is 38.3. The summed E-state index contributed by atoms with van der Waals surface area (Å²) in [6.07, 6.45) is 5.48. The van der Waals surface area contributed by atoms with Crippen LogP contribution in [0.3, 0.4) is 0 Å².